The van der Waals surface area contributed by atoms with Gasteiger partial charge in [-0.15, -0.1) is 0 Å². The first kappa shape index (κ1) is 8.52. The van der Waals surface area contributed by atoms with Crippen molar-refractivity contribution in [3.63, 3.8) is 0 Å². The molecular formula is C6H3ClO3S. The van der Waals surface area contributed by atoms with Crippen molar-refractivity contribution in [3.05, 3.63) is 29.3 Å². The summed E-state index contributed by atoms with van der Waals surface area (Å²) < 4.78 is 29.3. The van der Waals surface area contributed by atoms with Crippen LogP contribution in [0.15, 0.2) is 17.0 Å². The molecule has 0 saturated carbocycles. The Morgan fingerprint density at radius 1 is 1.36 bits per heavy atom. The Labute approximate surface area is 69.4 Å². The minimum atomic E-state index is -4.17. The second-order valence-electron chi connectivity index (χ2n) is 1.76. The van der Waals surface area contributed by atoms with Gasteiger partial charge in [-0.3, -0.25) is 4.55 Å². The molecule has 3 nitrogen and oxygen atoms in total. The minimum Gasteiger partial charge on any atom is -0.282 e. The third kappa shape index (κ3) is 2.18. The van der Waals surface area contributed by atoms with Crippen LogP contribution in [0.2, 0.25) is 5.02 Å². The maximum atomic E-state index is 10.4. The molecule has 0 aliphatic heterocycles. The Balaban J connectivity index is 3.20. The van der Waals surface area contributed by atoms with Crippen LogP contribution in [0, 0.1) is 12.1 Å². The molecule has 0 saturated heterocycles. The highest BCUT2D eigenvalue weighted by Gasteiger charge is 2.08. The zero-order valence-corrected chi connectivity index (χ0v) is 6.78. The van der Waals surface area contributed by atoms with Crippen molar-refractivity contribution in [2.75, 3.05) is 0 Å². The van der Waals surface area contributed by atoms with Gasteiger partial charge in [0, 0.05) is 17.2 Å². The van der Waals surface area contributed by atoms with Crippen LogP contribution in [0.4, 0.5) is 0 Å². The van der Waals surface area contributed by atoms with Crippen LogP contribution >= 0.6 is 11.6 Å². The molecule has 1 N–H and O–H groups in total. The van der Waals surface area contributed by atoms with Gasteiger partial charge in [-0.1, -0.05) is 11.6 Å². The molecule has 11 heavy (non-hydrogen) atoms. The minimum absolute atomic E-state index is 0.248. The summed E-state index contributed by atoms with van der Waals surface area (Å²) in [6, 6.07) is 6.94. The lowest BCUT2D eigenvalue weighted by molar-refractivity contribution is 0.483. The number of rotatable bonds is 1. The van der Waals surface area contributed by atoms with Gasteiger partial charge in [0.15, 0.2) is 0 Å². The summed E-state index contributed by atoms with van der Waals surface area (Å²) in [5.41, 5.74) is 0. The van der Waals surface area contributed by atoms with Crippen LogP contribution in [0.5, 0.6) is 0 Å². The molecule has 0 atom stereocenters. The summed E-state index contributed by atoms with van der Waals surface area (Å²) in [4.78, 5) is -0.332. The largest absolute Gasteiger partial charge is 0.295 e. The number of hydrogen-bond donors (Lipinski definition) is 1. The number of halogens is 1. The van der Waals surface area contributed by atoms with E-state index in [9.17, 15) is 8.42 Å². The quantitative estimate of drug-likeness (QED) is 0.677. The first-order valence-electron chi connectivity index (χ1n) is 2.56. The van der Waals surface area contributed by atoms with E-state index in [1.165, 1.54) is 6.07 Å². The highest BCUT2D eigenvalue weighted by Crippen LogP contribution is 2.11. The van der Waals surface area contributed by atoms with Crippen LogP contribution in [0.25, 0.3) is 0 Å². The van der Waals surface area contributed by atoms with Gasteiger partial charge in [-0.25, -0.2) is 0 Å². The maximum Gasteiger partial charge on any atom is 0.295 e. The molecule has 0 heterocycles. The molecule has 5 heteroatoms. The van der Waals surface area contributed by atoms with Gasteiger partial charge in [0.25, 0.3) is 10.1 Å². The first-order chi connectivity index (χ1) is 5.00. The van der Waals surface area contributed by atoms with E-state index in [-0.39, 0.29) is 9.92 Å². The smallest absolute Gasteiger partial charge is 0.282 e. The van der Waals surface area contributed by atoms with Gasteiger partial charge < -0.3 is 0 Å². The van der Waals surface area contributed by atoms with E-state index < -0.39 is 10.1 Å². The van der Waals surface area contributed by atoms with E-state index in [1.807, 2.05) is 0 Å². The molecule has 0 bridgehead atoms. The van der Waals surface area contributed by atoms with Crippen LogP contribution in [0.3, 0.4) is 0 Å². The molecule has 0 aliphatic carbocycles. The van der Waals surface area contributed by atoms with Crippen molar-refractivity contribution >= 4 is 21.7 Å². The Bertz CT molecular complexity index is 341. The van der Waals surface area contributed by atoms with E-state index in [0.717, 1.165) is 6.07 Å². The fourth-order valence-corrected chi connectivity index (χ4v) is 1.03. The second-order valence-corrected chi connectivity index (χ2v) is 3.56. The van der Waals surface area contributed by atoms with Crippen molar-refractivity contribution in [1.82, 2.24) is 0 Å². The third-order valence-corrected chi connectivity index (χ3v) is 1.97. The van der Waals surface area contributed by atoms with Crippen LogP contribution < -0.4 is 0 Å². The van der Waals surface area contributed by atoms with Crippen molar-refractivity contribution in [2.24, 2.45) is 0 Å². The molecular weight excluding hydrogens is 188 g/mol. The lowest BCUT2D eigenvalue weighted by Gasteiger charge is -1.93. The number of benzene rings is 1. The van der Waals surface area contributed by atoms with E-state index in [0.29, 0.717) is 0 Å². The normalized spacial score (nSPS) is 11.5. The summed E-state index contributed by atoms with van der Waals surface area (Å²) in [7, 11) is -4.17. The zero-order valence-electron chi connectivity index (χ0n) is 5.20. The fourth-order valence-electron chi connectivity index (χ4n) is 0.501. The summed E-state index contributed by atoms with van der Waals surface area (Å²) in [5, 5.41) is 0.248. The lowest BCUT2D eigenvalue weighted by Crippen LogP contribution is -1.97. The van der Waals surface area contributed by atoms with Crippen LogP contribution in [-0.4, -0.2) is 13.0 Å². The molecule has 0 unspecified atom stereocenters. The third-order valence-electron chi connectivity index (χ3n) is 0.960. The Hall–Kier alpha value is -0.580. The Morgan fingerprint density at radius 2 is 2.00 bits per heavy atom. The van der Waals surface area contributed by atoms with Crippen LogP contribution in [-0.2, 0) is 10.1 Å². The summed E-state index contributed by atoms with van der Waals surface area (Å²) in [6.07, 6.45) is 0. The van der Waals surface area contributed by atoms with Crippen molar-refractivity contribution in [1.29, 1.82) is 0 Å². The van der Waals surface area contributed by atoms with Crippen molar-refractivity contribution in [3.8, 4) is 0 Å². The summed E-state index contributed by atoms with van der Waals surface area (Å²) in [6.45, 7) is 0. The van der Waals surface area contributed by atoms with E-state index in [4.69, 9.17) is 16.2 Å². The van der Waals surface area contributed by atoms with Gasteiger partial charge >= 0.3 is 0 Å². The highest BCUT2D eigenvalue weighted by molar-refractivity contribution is 7.85. The Morgan fingerprint density at radius 3 is 2.36 bits per heavy atom. The standard InChI is InChI=1S/C6H3ClO3S/c7-5-1-3-6(4-2-5)11(8,9)10/h1,4H,(H,8,9,10). The van der Waals surface area contributed by atoms with Gasteiger partial charge in [0.2, 0.25) is 0 Å². The molecule has 0 aliphatic rings. The number of hydrogen-bond acceptors (Lipinski definition) is 2. The SMILES string of the molecule is O=S(=O)(O)c1[c]cc(Cl)[c]c1. The van der Waals surface area contributed by atoms with Gasteiger partial charge in [0.1, 0.15) is 4.90 Å². The fraction of sp³-hybridized carbons (Fsp3) is 0. The molecule has 0 spiro atoms. The van der Waals surface area contributed by atoms with Crippen LogP contribution in [0.1, 0.15) is 0 Å². The molecule has 58 valence electrons. The maximum absolute atomic E-state index is 10.4. The molecule has 1 aromatic rings. The topological polar surface area (TPSA) is 54.4 Å². The molecule has 0 amide bonds. The van der Waals surface area contributed by atoms with Gasteiger partial charge in [-0.2, -0.15) is 8.42 Å². The molecule has 1 aromatic carbocycles. The van der Waals surface area contributed by atoms with E-state index in [1.54, 1.807) is 0 Å². The predicted octanol–water partition coefficient (Wildman–Crippen LogP) is 1.19. The van der Waals surface area contributed by atoms with Crippen molar-refractivity contribution < 1.29 is 13.0 Å². The second kappa shape index (κ2) is 2.81. The van der Waals surface area contributed by atoms with E-state index in [2.05, 4.69) is 12.1 Å². The average molecular weight is 191 g/mol. The monoisotopic (exact) mass is 190 g/mol. The van der Waals surface area contributed by atoms with Crippen molar-refractivity contribution in [2.45, 2.75) is 4.90 Å². The predicted molar refractivity (Wildman–Crippen MR) is 38.9 cm³/mol. The van der Waals surface area contributed by atoms with Gasteiger partial charge in [0.05, 0.1) is 0 Å². The summed E-state index contributed by atoms with van der Waals surface area (Å²) >= 11 is 5.40. The lowest BCUT2D eigenvalue weighted by atomic mass is 10.4. The molecule has 0 fully saturated rings. The first-order valence-corrected chi connectivity index (χ1v) is 4.38. The zero-order chi connectivity index (χ0) is 8.48. The molecule has 2 radical (unpaired) electrons. The molecule has 0 aromatic heterocycles. The highest BCUT2D eigenvalue weighted by atomic mass is 35.5. The van der Waals surface area contributed by atoms with E-state index >= 15 is 0 Å². The molecule has 1 rings (SSSR count). The summed E-state index contributed by atoms with van der Waals surface area (Å²) in [5.74, 6) is 0. The Kier molecular flexibility index (Phi) is 2.17. The van der Waals surface area contributed by atoms with Gasteiger partial charge in [-0.05, 0) is 12.1 Å². The average Bonchev–Trinajstić information content (AvgIpc) is 1.86.